The van der Waals surface area contributed by atoms with Gasteiger partial charge in [0.25, 0.3) is 0 Å². The van der Waals surface area contributed by atoms with Gasteiger partial charge in [0.1, 0.15) is 0 Å². The summed E-state index contributed by atoms with van der Waals surface area (Å²) in [4.78, 5) is 3.79. The highest BCUT2D eigenvalue weighted by Crippen LogP contribution is 2.29. The van der Waals surface area contributed by atoms with Crippen LogP contribution < -0.4 is 5.73 Å². The maximum Gasteiger partial charge on any atom is 0.417 e. The summed E-state index contributed by atoms with van der Waals surface area (Å²) >= 11 is 0. The van der Waals surface area contributed by atoms with Crippen LogP contribution in [0.15, 0.2) is 24.5 Å². The van der Waals surface area contributed by atoms with Crippen LogP contribution in [0.3, 0.4) is 0 Å². The molecular weight excluding hydrogens is 271 g/mol. The van der Waals surface area contributed by atoms with Crippen LogP contribution in [0.1, 0.15) is 36.3 Å². The highest BCUT2D eigenvalue weighted by atomic mass is 19.4. The molecule has 2 heterocycles. The zero-order valence-corrected chi connectivity index (χ0v) is 10.8. The average molecular weight is 285 g/mol. The number of aryl methyl sites for hydroxylation is 1. The van der Waals surface area contributed by atoms with Crippen LogP contribution in [-0.2, 0) is 12.7 Å². The topological polar surface area (TPSA) is 69.6 Å². The average Bonchev–Trinajstić information content (AvgIpc) is 2.86. The van der Waals surface area contributed by atoms with Gasteiger partial charge in [-0.2, -0.15) is 13.2 Å². The normalized spacial score (nSPS) is 13.4. The minimum atomic E-state index is -4.40. The molecule has 0 saturated heterocycles. The zero-order chi connectivity index (χ0) is 14.8. The van der Waals surface area contributed by atoms with Gasteiger partial charge < -0.3 is 5.73 Å². The van der Waals surface area contributed by atoms with Gasteiger partial charge in [-0.05, 0) is 18.6 Å². The van der Waals surface area contributed by atoms with Gasteiger partial charge in [0.2, 0.25) is 0 Å². The van der Waals surface area contributed by atoms with E-state index >= 15 is 0 Å². The molecule has 0 fully saturated rings. The summed E-state index contributed by atoms with van der Waals surface area (Å²) < 4.78 is 39.0. The molecule has 0 radical (unpaired) electrons. The molecule has 0 aromatic carbocycles. The molecule has 20 heavy (non-hydrogen) atoms. The van der Waals surface area contributed by atoms with E-state index in [0.29, 0.717) is 17.9 Å². The summed E-state index contributed by atoms with van der Waals surface area (Å²) in [6.45, 7) is 2.62. The molecule has 0 saturated carbocycles. The predicted octanol–water partition coefficient (Wildman–Crippen LogP) is 2.15. The van der Waals surface area contributed by atoms with Gasteiger partial charge in [-0.3, -0.25) is 4.98 Å². The van der Waals surface area contributed by atoms with E-state index in [1.807, 2.05) is 6.92 Å². The van der Waals surface area contributed by atoms with E-state index in [9.17, 15) is 13.2 Å². The highest BCUT2D eigenvalue weighted by molar-refractivity contribution is 5.23. The first-order chi connectivity index (χ1) is 9.43. The van der Waals surface area contributed by atoms with E-state index in [2.05, 4.69) is 15.3 Å². The number of hydrogen-bond donors (Lipinski definition) is 1. The number of halogens is 3. The van der Waals surface area contributed by atoms with E-state index < -0.39 is 17.8 Å². The molecule has 0 bridgehead atoms. The molecule has 0 amide bonds. The summed E-state index contributed by atoms with van der Waals surface area (Å²) in [5, 5.41) is 7.66. The first-order valence-corrected chi connectivity index (χ1v) is 6.10. The van der Waals surface area contributed by atoms with Crippen molar-refractivity contribution >= 4 is 0 Å². The Morgan fingerprint density at radius 2 is 2.05 bits per heavy atom. The first kappa shape index (κ1) is 14.4. The Balaban J connectivity index is 2.25. The van der Waals surface area contributed by atoms with Gasteiger partial charge in [0.05, 0.1) is 29.2 Å². The number of nitrogens with two attached hydrogens (primary N) is 1. The number of pyridine rings is 1. The van der Waals surface area contributed by atoms with Crippen LogP contribution in [0, 0.1) is 0 Å². The van der Waals surface area contributed by atoms with Crippen LogP contribution in [0.25, 0.3) is 0 Å². The van der Waals surface area contributed by atoms with E-state index in [1.54, 1.807) is 4.68 Å². The Bertz CT molecular complexity index is 561. The second-order valence-corrected chi connectivity index (χ2v) is 4.33. The van der Waals surface area contributed by atoms with Crippen molar-refractivity contribution in [3.63, 3.8) is 0 Å². The fourth-order valence-corrected chi connectivity index (χ4v) is 1.80. The molecule has 1 atom stereocenters. The Morgan fingerprint density at radius 1 is 1.30 bits per heavy atom. The van der Waals surface area contributed by atoms with Crippen LogP contribution in [0.4, 0.5) is 13.2 Å². The molecule has 0 spiro atoms. The van der Waals surface area contributed by atoms with E-state index in [0.717, 1.165) is 18.7 Å². The third-order valence-electron chi connectivity index (χ3n) is 2.83. The molecule has 2 N–H and O–H groups in total. The molecule has 2 rings (SSSR count). The Kier molecular flexibility index (Phi) is 4.03. The van der Waals surface area contributed by atoms with Crippen molar-refractivity contribution in [3.8, 4) is 0 Å². The molecule has 0 aliphatic rings. The van der Waals surface area contributed by atoms with Crippen LogP contribution in [0.2, 0.25) is 0 Å². The molecule has 0 aliphatic carbocycles. The van der Waals surface area contributed by atoms with E-state index in [4.69, 9.17) is 5.73 Å². The van der Waals surface area contributed by atoms with E-state index in [-0.39, 0.29) is 0 Å². The molecule has 108 valence electrons. The summed E-state index contributed by atoms with van der Waals surface area (Å²) in [7, 11) is 0. The first-order valence-electron chi connectivity index (χ1n) is 6.10. The smallest absolute Gasteiger partial charge is 0.318 e. The lowest BCUT2D eigenvalue weighted by molar-refractivity contribution is -0.137. The largest absolute Gasteiger partial charge is 0.417 e. The van der Waals surface area contributed by atoms with Crippen molar-refractivity contribution in [2.75, 3.05) is 0 Å². The summed E-state index contributed by atoms with van der Waals surface area (Å²) in [5.41, 5.74) is 6.18. The monoisotopic (exact) mass is 285 g/mol. The maximum absolute atomic E-state index is 12.5. The van der Waals surface area contributed by atoms with Crippen molar-refractivity contribution in [1.29, 1.82) is 0 Å². The molecular formula is C12H14F3N5. The quantitative estimate of drug-likeness (QED) is 0.934. The number of nitrogens with zero attached hydrogens (tertiary/aromatic N) is 4. The second kappa shape index (κ2) is 5.58. The van der Waals surface area contributed by atoms with Crippen LogP contribution >= 0.6 is 0 Å². The van der Waals surface area contributed by atoms with Gasteiger partial charge in [-0.15, -0.1) is 5.10 Å². The van der Waals surface area contributed by atoms with Gasteiger partial charge in [0, 0.05) is 12.7 Å². The lowest BCUT2D eigenvalue weighted by Gasteiger charge is -2.13. The summed E-state index contributed by atoms with van der Waals surface area (Å²) in [5.74, 6) is 0. The number of alkyl halides is 3. The standard InChI is InChI=1S/C12H14F3N5/c1-2-5-20-10(7-18-19-20)11(16)9-4-3-8(6-17-9)12(13,14)15/h3-4,6-7,11H,2,5,16H2,1H3. The molecule has 8 heteroatoms. The fourth-order valence-electron chi connectivity index (χ4n) is 1.80. The fraction of sp³-hybridized carbons (Fsp3) is 0.417. The minimum Gasteiger partial charge on any atom is -0.318 e. The molecule has 0 aliphatic heterocycles. The van der Waals surface area contributed by atoms with Crippen molar-refractivity contribution in [1.82, 2.24) is 20.0 Å². The number of rotatable bonds is 4. The van der Waals surface area contributed by atoms with Crippen LogP contribution in [0.5, 0.6) is 0 Å². The third-order valence-corrected chi connectivity index (χ3v) is 2.83. The molecule has 5 nitrogen and oxygen atoms in total. The SMILES string of the molecule is CCCn1nncc1C(N)c1ccc(C(F)(F)F)cn1. The van der Waals surface area contributed by atoms with Crippen molar-refractivity contribution in [2.45, 2.75) is 32.1 Å². The van der Waals surface area contributed by atoms with E-state index in [1.165, 1.54) is 12.3 Å². The Morgan fingerprint density at radius 3 is 2.60 bits per heavy atom. The van der Waals surface area contributed by atoms with Crippen molar-refractivity contribution in [2.24, 2.45) is 5.73 Å². The lowest BCUT2D eigenvalue weighted by atomic mass is 10.1. The molecule has 2 aromatic rings. The molecule has 1 unspecified atom stereocenters. The Hall–Kier alpha value is -1.96. The zero-order valence-electron chi connectivity index (χ0n) is 10.8. The van der Waals surface area contributed by atoms with Gasteiger partial charge in [-0.1, -0.05) is 12.1 Å². The number of hydrogen-bond acceptors (Lipinski definition) is 4. The van der Waals surface area contributed by atoms with Gasteiger partial charge >= 0.3 is 6.18 Å². The van der Waals surface area contributed by atoms with Crippen molar-refractivity contribution in [3.05, 3.63) is 41.5 Å². The molecule has 2 aromatic heterocycles. The third kappa shape index (κ3) is 2.96. The van der Waals surface area contributed by atoms with Crippen molar-refractivity contribution < 1.29 is 13.2 Å². The lowest BCUT2D eigenvalue weighted by Crippen LogP contribution is -2.19. The highest BCUT2D eigenvalue weighted by Gasteiger charge is 2.31. The minimum absolute atomic E-state index is 0.345. The summed E-state index contributed by atoms with van der Waals surface area (Å²) in [6.07, 6.45) is -1.27. The number of aromatic nitrogens is 4. The second-order valence-electron chi connectivity index (χ2n) is 4.33. The Labute approximate surface area is 113 Å². The predicted molar refractivity (Wildman–Crippen MR) is 65.6 cm³/mol. The summed E-state index contributed by atoms with van der Waals surface area (Å²) in [6, 6.07) is 1.59. The van der Waals surface area contributed by atoms with Gasteiger partial charge in [0.15, 0.2) is 0 Å². The van der Waals surface area contributed by atoms with Gasteiger partial charge in [-0.25, -0.2) is 4.68 Å². The van der Waals surface area contributed by atoms with Crippen LogP contribution in [-0.4, -0.2) is 20.0 Å². The maximum atomic E-state index is 12.5.